The average Bonchev–Trinajstić information content (AvgIpc) is 2.55. The molecule has 2 saturated heterocycles. The van der Waals surface area contributed by atoms with Crippen LogP contribution in [0.1, 0.15) is 33.6 Å². The zero-order valence-corrected chi connectivity index (χ0v) is 17.8. The third-order valence-electron chi connectivity index (χ3n) is 4.89. The SMILES string of the molecule is CN=C(NCCCCN1CCN(C)CC1)NC1CN(C(=O)OC(C)(C)C)C1. The van der Waals surface area contributed by atoms with Gasteiger partial charge in [-0.2, -0.15) is 0 Å². The van der Waals surface area contributed by atoms with Gasteiger partial charge in [0.25, 0.3) is 0 Å². The second-order valence-electron chi connectivity index (χ2n) is 8.58. The maximum atomic E-state index is 12.0. The minimum absolute atomic E-state index is 0.231. The standard InChI is InChI=1S/C19H38N6O2/c1-19(2,3)27-18(26)25-14-16(15-25)22-17(20-4)21-8-6-7-9-24-12-10-23(5)11-13-24/h16H,6-15H2,1-5H3,(H2,20,21,22). The van der Waals surface area contributed by atoms with E-state index in [-0.39, 0.29) is 12.1 Å². The van der Waals surface area contributed by atoms with Gasteiger partial charge in [-0.25, -0.2) is 4.79 Å². The lowest BCUT2D eigenvalue weighted by atomic mass is 10.1. The molecule has 156 valence electrons. The van der Waals surface area contributed by atoms with Crippen molar-refractivity contribution < 1.29 is 9.53 Å². The maximum absolute atomic E-state index is 12.0. The van der Waals surface area contributed by atoms with Crippen molar-refractivity contribution in [3.8, 4) is 0 Å². The van der Waals surface area contributed by atoms with Gasteiger partial charge in [0.15, 0.2) is 5.96 Å². The van der Waals surface area contributed by atoms with Gasteiger partial charge in [-0.3, -0.25) is 4.99 Å². The first kappa shape index (κ1) is 21.8. The Balaban J connectivity index is 1.53. The van der Waals surface area contributed by atoms with Crippen LogP contribution in [-0.4, -0.2) is 105 Å². The maximum Gasteiger partial charge on any atom is 0.410 e. The van der Waals surface area contributed by atoms with Crippen molar-refractivity contribution in [2.45, 2.75) is 45.3 Å². The Bertz CT molecular complexity index is 491. The van der Waals surface area contributed by atoms with Gasteiger partial charge in [0.05, 0.1) is 6.04 Å². The molecule has 0 unspecified atom stereocenters. The molecular formula is C19H38N6O2. The van der Waals surface area contributed by atoms with Crippen molar-refractivity contribution in [2.24, 2.45) is 4.99 Å². The van der Waals surface area contributed by atoms with E-state index in [9.17, 15) is 4.79 Å². The van der Waals surface area contributed by atoms with E-state index in [4.69, 9.17) is 4.74 Å². The number of rotatable bonds is 6. The van der Waals surface area contributed by atoms with E-state index in [1.54, 1.807) is 11.9 Å². The van der Waals surface area contributed by atoms with Gasteiger partial charge >= 0.3 is 6.09 Å². The number of piperazine rings is 1. The Morgan fingerprint density at radius 2 is 1.81 bits per heavy atom. The molecule has 2 N–H and O–H groups in total. The number of likely N-dealkylation sites (tertiary alicyclic amines) is 1. The Hall–Kier alpha value is -1.54. The summed E-state index contributed by atoms with van der Waals surface area (Å²) in [6, 6.07) is 0.231. The summed E-state index contributed by atoms with van der Waals surface area (Å²) in [6.45, 7) is 13.8. The van der Waals surface area contributed by atoms with Crippen LogP contribution in [0.2, 0.25) is 0 Å². The van der Waals surface area contributed by atoms with Gasteiger partial charge in [-0.15, -0.1) is 0 Å². The fourth-order valence-corrected chi connectivity index (χ4v) is 3.17. The van der Waals surface area contributed by atoms with Crippen LogP contribution in [-0.2, 0) is 4.74 Å². The number of amides is 1. The molecule has 0 saturated carbocycles. The molecule has 2 fully saturated rings. The molecule has 0 aromatic heterocycles. The van der Waals surface area contributed by atoms with Crippen molar-refractivity contribution in [1.82, 2.24) is 25.3 Å². The van der Waals surface area contributed by atoms with E-state index in [0.717, 1.165) is 18.9 Å². The summed E-state index contributed by atoms with van der Waals surface area (Å²) in [7, 11) is 3.97. The van der Waals surface area contributed by atoms with Crippen LogP contribution in [0.15, 0.2) is 4.99 Å². The summed E-state index contributed by atoms with van der Waals surface area (Å²) in [6.07, 6.45) is 2.08. The van der Waals surface area contributed by atoms with Crippen molar-refractivity contribution in [2.75, 3.05) is 66.5 Å². The molecule has 2 aliphatic rings. The molecule has 1 amide bonds. The van der Waals surface area contributed by atoms with Crippen molar-refractivity contribution >= 4 is 12.1 Å². The third-order valence-corrected chi connectivity index (χ3v) is 4.89. The predicted octanol–water partition coefficient (Wildman–Crippen LogP) is 0.798. The van der Waals surface area contributed by atoms with E-state index < -0.39 is 5.60 Å². The van der Waals surface area contributed by atoms with Crippen molar-refractivity contribution in [3.63, 3.8) is 0 Å². The number of carbonyl (C=O) groups is 1. The summed E-state index contributed by atoms with van der Waals surface area (Å²) in [5, 5.41) is 6.74. The van der Waals surface area contributed by atoms with Crippen LogP contribution in [0.3, 0.4) is 0 Å². The van der Waals surface area contributed by atoms with Gasteiger partial charge in [0.2, 0.25) is 0 Å². The topological polar surface area (TPSA) is 72.4 Å². The lowest BCUT2D eigenvalue weighted by Crippen LogP contribution is -2.63. The lowest BCUT2D eigenvalue weighted by molar-refractivity contribution is 0.00701. The quantitative estimate of drug-likeness (QED) is 0.402. The third kappa shape index (κ3) is 7.92. The van der Waals surface area contributed by atoms with E-state index in [1.807, 2.05) is 20.8 Å². The van der Waals surface area contributed by atoms with Crippen LogP contribution < -0.4 is 10.6 Å². The first-order chi connectivity index (χ1) is 12.8. The highest BCUT2D eigenvalue weighted by atomic mass is 16.6. The zero-order chi connectivity index (χ0) is 19.9. The summed E-state index contributed by atoms with van der Waals surface area (Å²) in [5.41, 5.74) is -0.447. The minimum atomic E-state index is -0.447. The number of guanidine groups is 1. The highest BCUT2D eigenvalue weighted by Crippen LogP contribution is 2.15. The minimum Gasteiger partial charge on any atom is -0.444 e. The smallest absolute Gasteiger partial charge is 0.410 e. The van der Waals surface area contributed by atoms with E-state index >= 15 is 0 Å². The molecule has 0 radical (unpaired) electrons. The van der Waals surface area contributed by atoms with Crippen LogP contribution >= 0.6 is 0 Å². The second-order valence-corrected chi connectivity index (χ2v) is 8.58. The van der Waals surface area contributed by atoms with Gasteiger partial charge in [-0.05, 0) is 47.2 Å². The number of unbranched alkanes of at least 4 members (excludes halogenated alkanes) is 1. The monoisotopic (exact) mass is 382 g/mol. The number of likely N-dealkylation sites (N-methyl/N-ethyl adjacent to an activating group) is 1. The number of ether oxygens (including phenoxy) is 1. The summed E-state index contributed by atoms with van der Waals surface area (Å²) < 4.78 is 5.38. The molecule has 27 heavy (non-hydrogen) atoms. The van der Waals surface area contributed by atoms with E-state index in [1.165, 1.54) is 39.1 Å². The average molecular weight is 383 g/mol. The predicted molar refractivity (Wildman–Crippen MR) is 109 cm³/mol. The van der Waals surface area contributed by atoms with Crippen LogP contribution in [0.4, 0.5) is 4.79 Å². The Morgan fingerprint density at radius 1 is 1.15 bits per heavy atom. The van der Waals surface area contributed by atoms with Gasteiger partial charge < -0.3 is 30.1 Å². The van der Waals surface area contributed by atoms with Gasteiger partial charge in [0.1, 0.15) is 5.60 Å². The molecule has 8 heteroatoms. The van der Waals surface area contributed by atoms with E-state index in [0.29, 0.717) is 13.1 Å². The van der Waals surface area contributed by atoms with Crippen LogP contribution in [0, 0.1) is 0 Å². The summed E-state index contributed by atoms with van der Waals surface area (Å²) >= 11 is 0. The van der Waals surface area contributed by atoms with Crippen LogP contribution in [0.5, 0.6) is 0 Å². The Labute approximate surface area is 164 Å². The molecule has 0 bridgehead atoms. The van der Waals surface area contributed by atoms with Gasteiger partial charge in [0, 0.05) is 52.9 Å². The number of carbonyl (C=O) groups excluding carboxylic acids is 1. The summed E-state index contributed by atoms with van der Waals surface area (Å²) in [5.74, 6) is 0.809. The number of hydrogen-bond acceptors (Lipinski definition) is 5. The first-order valence-electron chi connectivity index (χ1n) is 10.1. The molecule has 0 spiro atoms. The van der Waals surface area contributed by atoms with Crippen LogP contribution in [0.25, 0.3) is 0 Å². The van der Waals surface area contributed by atoms with Crippen molar-refractivity contribution in [3.05, 3.63) is 0 Å². The molecule has 2 heterocycles. The Morgan fingerprint density at radius 3 is 2.41 bits per heavy atom. The first-order valence-corrected chi connectivity index (χ1v) is 10.1. The molecule has 2 aliphatic heterocycles. The zero-order valence-electron chi connectivity index (χ0n) is 17.8. The molecule has 0 aliphatic carbocycles. The fourth-order valence-electron chi connectivity index (χ4n) is 3.17. The number of aliphatic imine (C=N–C) groups is 1. The number of nitrogens with one attached hydrogen (secondary N) is 2. The Kier molecular flexibility index (Phi) is 8.16. The summed E-state index contributed by atoms with van der Waals surface area (Å²) in [4.78, 5) is 22.9. The molecule has 0 atom stereocenters. The number of hydrogen-bond donors (Lipinski definition) is 2. The molecule has 8 nitrogen and oxygen atoms in total. The highest BCUT2D eigenvalue weighted by molar-refractivity contribution is 5.80. The van der Waals surface area contributed by atoms with Crippen molar-refractivity contribution in [1.29, 1.82) is 0 Å². The van der Waals surface area contributed by atoms with Gasteiger partial charge in [-0.1, -0.05) is 0 Å². The number of nitrogens with zero attached hydrogens (tertiary/aromatic N) is 4. The largest absolute Gasteiger partial charge is 0.444 e. The molecular weight excluding hydrogens is 344 g/mol. The normalized spacial score (nSPS) is 20.3. The highest BCUT2D eigenvalue weighted by Gasteiger charge is 2.34. The second kappa shape index (κ2) is 10.1. The van der Waals surface area contributed by atoms with E-state index in [2.05, 4.69) is 32.5 Å². The fraction of sp³-hybridized carbons (Fsp3) is 0.895. The molecule has 0 aromatic rings. The molecule has 0 aromatic carbocycles. The lowest BCUT2D eigenvalue weighted by Gasteiger charge is -2.40. The molecule has 2 rings (SSSR count).